The summed E-state index contributed by atoms with van der Waals surface area (Å²) in [5, 5.41) is 0. The third kappa shape index (κ3) is 1.11. The molecule has 1 heteroatoms. The topological polar surface area (TPSA) is 13.1 Å². The average molecular weight is 160 g/mol. The van der Waals surface area contributed by atoms with E-state index >= 15 is 0 Å². The molecule has 62 valence electrons. The molecule has 1 nitrogen and oxygen atoms in total. The van der Waals surface area contributed by atoms with Gasteiger partial charge in [-0.05, 0) is 38.0 Å². The molecule has 1 aromatic rings. The molecule has 1 aliphatic carbocycles. The smallest absolute Gasteiger partial charge is 0.130 e. The summed E-state index contributed by atoms with van der Waals surface area (Å²) in [5.74, 6) is 1.01. The second-order valence-electron chi connectivity index (χ2n) is 3.31. The van der Waals surface area contributed by atoms with Gasteiger partial charge in [0, 0.05) is 5.57 Å². The fourth-order valence-corrected chi connectivity index (χ4v) is 1.66. The van der Waals surface area contributed by atoms with Crippen LogP contribution < -0.4 is 0 Å². The van der Waals surface area contributed by atoms with Crippen molar-refractivity contribution in [3.05, 3.63) is 41.4 Å². The number of allylic oxidation sites excluding steroid dienone is 4. The molecule has 0 fully saturated rings. The molecule has 0 unspecified atom stereocenters. The maximum absolute atomic E-state index is 5.34. The molecule has 12 heavy (non-hydrogen) atoms. The molecule has 1 heterocycles. The molecular formula is C11H12O. The minimum Gasteiger partial charge on any atom is -0.465 e. The largest absolute Gasteiger partial charge is 0.465 e. The lowest BCUT2D eigenvalue weighted by molar-refractivity contribution is 0.551. The zero-order valence-electron chi connectivity index (χ0n) is 7.42. The zero-order valence-corrected chi connectivity index (χ0v) is 7.42. The summed E-state index contributed by atoms with van der Waals surface area (Å²) in [6.45, 7) is 4.29. The van der Waals surface area contributed by atoms with Gasteiger partial charge in [0.25, 0.3) is 0 Å². The molecule has 0 spiro atoms. The number of hydrogen-bond donors (Lipinski definition) is 0. The molecule has 1 aliphatic rings. The molecule has 0 saturated heterocycles. The molecule has 0 amide bonds. The third-order valence-electron chi connectivity index (χ3n) is 2.21. The lowest BCUT2D eigenvalue weighted by atomic mass is 10.1. The fraction of sp³-hybridized carbons (Fsp3) is 0.273. The van der Waals surface area contributed by atoms with Crippen LogP contribution in [0.1, 0.15) is 26.0 Å². The Morgan fingerprint density at radius 2 is 2.17 bits per heavy atom. The minimum atomic E-state index is 1.01. The van der Waals surface area contributed by atoms with Gasteiger partial charge in [-0.1, -0.05) is 11.6 Å². The highest BCUT2D eigenvalue weighted by Crippen LogP contribution is 2.32. The average Bonchev–Trinajstić information content (AvgIpc) is 2.58. The maximum Gasteiger partial charge on any atom is 0.130 e. The van der Waals surface area contributed by atoms with Crippen molar-refractivity contribution in [2.24, 2.45) is 0 Å². The SMILES string of the molecule is CC1=CC(C)=C(c2ccco2)C1. The summed E-state index contributed by atoms with van der Waals surface area (Å²) in [4.78, 5) is 0. The number of hydrogen-bond acceptors (Lipinski definition) is 1. The molecular weight excluding hydrogens is 148 g/mol. The van der Waals surface area contributed by atoms with Gasteiger partial charge in [-0.15, -0.1) is 0 Å². The van der Waals surface area contributed by atoms with Crippen LogP contribution in [0.3, 0.4) is 0 Å². The van der Waals surface area contributed by atoms with Crippen molar-refractivity contribution in [1.29, 1.82) is 0 Å². The Bertz CT molecular complexity index is 339. The normalized spacial score (nSPS) is 17.0. The van der Waals surface area contributed by atoms with E-state index in [1.165, 1.54) is 16.7 Å². The van der Waals surface area contributed by atoms with E-state index in [2.05, 4.69) is 19.9 Å². The Kier molecular flexibility index (Phi) is 1.65. The molecule has 1 aromatic heterocycles. The molecule has 0 radical (unpaired) electrons. The van der Waals surface area contributed by atoms with Gasteiger partial charge in [-0.3, -0.25) is 0 Å². The van der Waals surface area contributed by atoms with Crippen LogP contribution in [-0.4, -0.2) is 0 Å². The Labute approximate surface area is 72.4 Å². The van der Waals surface area contributed by atoms with Crippen molar-refractivity contribution in [2.75, 3.05) is 0 Å². The van der Waals surface area contributed by atoms with Gasteiger partial charge in [0.1, 0.15) is 5.76 Å². The van der Waals surface area contributed by atoms with E-state index < -0.39 is 0 Å². The van der Waals surface area contributed by atoms with Crippen molar-refractivity contribution in [1.82, 2.24) is 0 Å². The summed E-state index contributed by atoms with van der Waals surface area (Å²) >= 11 is 0. The van der Waals surface area contributed by atoms with E-state index in [9.17, 15) is 0 Å². The quantitative estimate of drug-likeness (QED) is 0.613. The van der Waals surface area contributed by atoms with Crippen LogP contribution in [0.2, 0.25) is 0 Å². The highest BCUT2D eigenvalue weighted by Gasteiger charge is 2.13. The first-order chi connectivity index (χ1) is 5.77. The summed E-state index contributed by atoms with van der Waals surface area (Å²) in [5.41, 5.74) is 4.08. The van der Waals surface area contributed by atoms with Gasteiger partial charge in [0.05, 0.1) is 6.26 Å². The van der Waals surface area contributed by atoms with Crippen LogP contribution in [0.4, 0.5) is 0 Å². The first-order valence-electron chi connectivity index (χ1n) is 4.18. The van der Waals surface area contributed by atoms with Gasteiger partial charge in [-0.2, -0.15) is 0 Å². The summed E-state index contributed by atoms with van der Waals surface area (Å²) < 4.78 is 5.34. The summed E-state index contributed by atoms with van der Waals surface area (Å²) in [7, 11) is 0. The summed E-state index contributed by atoms with van der Waals surface area (Å²) in [6, 6.07) is 3.95. The van der Waals surface area contributed by atoms with Crippen molar-refractivity contribution in [3.8, 4) is 0 Å². The first-order valence-corrected chi connectivity index (χ1v) is 4.18. The third-order valence-corrected chi connectivity index (χ3v) is 2.21. The Morgan fingerprint density at radius 1 is 1.33 bits per heavy atom. The highest BCUT2D eigenvalue weighted by atomic mass is 16.3. The molecule has 2 rings (SSSR count). The van der Waals surface area contributed by atoms with Gasteiger partial charge in [0.15, 0.2) is 0 Å². The molecule has 0 aliphatic heterocycles. The Morgan fingerprint density at radius 3 is 2.67 bits per heavy atom. The van der Waals surface area contributed by atoms with Crippen molar-refractivity contribution in [2.45, 2.75) is 20.3 Å². The van der Waals surface area contributed by atoms with Crippen molar-refractivity contribution < 1.29 is 4.42 Å². The predicted molar refractivity (Wildman–Crippen MR) is 49.7 cm³/mol. The lowest BCUT2D eigenvalue weighted by Gasteiger charge is -1.98. The van der Waals surface area contributed by atoms with Crippen LogP contribution in [0.5, 0.6) is 0 Å². The highest BCUT2D eigenvalue weighted by molar-refractivity contribution is 5.72. The lowest BCUT2D eigenvalue weighted by Crippen LogP contribution is -1.79. The van der Waals surface area contributed by atoms with Crippen molar-refractivity contribution in [3.63, 3.8) is 0 Å². The van der Waals surface area contributed by atoms with E-state index in [0.29, 0.717) is 0 Å². The van der Waals surface area contributed by atoms with Crippen LogP contribution in [0, 0.1) is 0 Å². The van der Waals surface area contributed by atoms with Gasteiger partial charge >= 0.3 is 0 Å². The fourth-order valence-electron chi connectivity index (χ4n) is 1.66. The van der Waals surface area contributed by atoms with Gasteiger partial charge in [0.2, 0.25) is 0 Å². The van der Waals surface area contributed by atoms with Gasteiger partial charge in [-0.25, -0.2) is 0 Å². The molecule has 0 saturated carbocycles. The van der Waals surface area contributed by atoms with Gasteiger partial charge < -0.3 is 4.42 Å². The Hall–Kier alpha value is -1.24. The number of furan rings is 1. The van der Waals surface area contributed by atoms with E-state index in [0.717, 1.165) is 12.2 Å². The second-order valence-corrected chi connectivity index (χ2v) is 3.31. The number of rotatable bonds is 1. The standard InChI is InChI=1S/C11H12O/c1-8-6-9(2)10(7-8)11-4-3-5-12-11/h3-6H,7H2,1-2H3. The molecule has 0 atom stereocenters. The first kappa shape index (κ1) is 7.41. The van der Waals surface area contributed by atoms with E-state index in [4.69, 9.17) is 4.42 Å². The summed E-state index contributed by atoms with van der Waals surface area (Å²) in [6.07, 6.45) is 4.99. The van der Waals surface area contributed by atoms with Crippen LogP contribution >= 0.6 is 0 Å². The monoisotopic (exact) mass is 160 g/mol. The molecule has 0 aromatic carbocycles. The van der Waals surface area contributed by atoms with E-state index in [-0.39, 0.29) is 0 Å². The Balaban J connectivity index is 2.35. The predicted octanol–water partition coefficient (Wildman–Crippen LogP) is 3.40. The molecule has 0 bridgehead atoms. The van der Waals surface area contributed by atoms with E-state index in [1.54, 1.807) is 6.26 Å². The van der Waals surface area contributed by atoms with Crippen molar-refractivity contribution >= 4 is 5.57 Å². The second kappa shape index (κ2) is 2.67. The van der Waals surface area contributed by atoms with Crippen LogP contribution in [0.15, 0.2) is 40.0 Å². The maximum atomic E-state index is 5.34. The molecule has 0 N–H and O–H groups in total. The zero-order chi connectivity index (χ0) is 8.55. The van der Waals surface area contributed by atoms with Crippen LogP contribution in [0.25, 0.3) is 5.57 Å². The minimum absolute atomic E-state index is 1.01. The van der Waals surface area contributed by atoms with E-state index in [1.807, 2.05) is 12.1 Å². The van der Waals surface area contributed by atoms with Crippen LogP contribution in [-0.2, 0) is 0 Å².